The molecule has 0 radical (unpaired) electrons. The van der Waals surface area contributed by atoms with E-state index in [4.69, 9.17) is 9.47 Å². The number of hydrogen-bond acceptors (Lipinski definition) is 4. The number of nitrogens with one attached hydrogen (secondary N) is 1. The Kier molecular flexibility index (Phi) is 5.26. The molecule has 1 fully saturated rings. The van der Waals surface area contributed by atoms with E-state index in [1.807, 2.05) is 6.07 Å². The van der Waals surface area contributed by atoms with Gasteiger partial charge in [-0.1, -0.05) is 6.07 Å². The van der Waals surface area contributed by atoms with Crippen LogP contribution in [0.15, 0.2) is 18.2 Å². The fourth-order valence-corrected chi connectivity index (χ4v) is 2.75. The number of hydrogen-bond donors (Lipinski definition) is 1. The van der Waals surface area contributed by atoms with Gasteiger partial charge in [0.25, 0.3) is 0 Å². The molecule has 0 bridgehead atoms. The monoisotopic (exact) mass is 278 g/mol. The van der Waals surface area contributed by atoms with Crippen LogP contribution in [-0.2, 0) is 0 Å². The van der Waals surface area contributed by atoms with Gasteiger partial charge in [0.15, 0.2) is 11.5 Å². The average Bonchev–Trinajstić information content (AvgIpc) is 2.48. The molecule has 2 rings (SSSR count). The van der Waals surface area contributed by atoms with Crippen molar-refractivity contribution in [3.8, 4) is 11.5 Å². The summed E-state index contributed by atoms with van der Waals surface area (Å²) >= 11 is 0. The smallest absolute Gasteiger partial charge is 0.161 e. The van der Waals surface area contributed by atoms with Crippen molar-refractivity contribution in [1.29, 1.82) is 0 Å². The van der Waals surface area contributed by atoms with E-state index in [1.54, 1.807) is 14.2 Å². The maximum atomic E-state index is 5.37. The normalized spacial score (nSPS) is 18.8. The van der Waals surface area contributed by atoms with E-state index in [0.717, 1.165) is 11.5 Å². The van der Waals surface area contributed by atoms with Crippen molar-refractivity contribution in [3.05, 3.63) is 23.8 Å². The van der Waals surface area contributed by atoms with Gasteiger partial charge in [0.1, 0.15) is 0 Å². The average molecular weight is 278 g/mol. The molecular formula is C16H26N2O2. The number of methoxy groups -OCH3 is 2. The third-order valence-corrected chi connectivity index (χ3v) is 4.11. The Morgan fingerprint density at radius 2 is 1.80 bits per heavy atom. The van der Waals surface area contributed by atoms with Crippen LogP contribution in [0, 0.1) is 0 Å². The van der Waals surface area contributed by atoms with Gasteiger partial charge in [-0.15, -0.1) is 0 Å². The van der Waals surface area contributed by atoms with Crippen LogP contribution < -0.4 is 14.8 Å². The van der Waals surface area contributed by atoms with Crippen LogP contribution in [0.3, 0.4) is 0 Å². The summed E-state index contributed by atoms with van der Waals surface area (Å²) in [7, 11) is 5.53. The maximum absolute atomic E-state index is 5.37. The van der Waals surface area contributed by atoms with Gasteiger partial charge >= 0.3 is 0 Å². The molecule has 0 aliphatic carbocycles. The first-order valence-corrected chi connectivity index (χ1v) is 7.30. The summed E-state index contributed by atoms with van der Waals surface area (Å²) in [6.07, 6.45) is 2.43. The largest absolute Gasteiger partial charge is 0.493 e. The molecule has 0 saturated carbocycles. The topological polar surface area (TPSA) is 33.7 Å². The number of likely N-dealkylation sites (tertiary alicyclic amines) is 1. The number of piperidine rings is 1. The van der Waals surface area contributed by atoms with Crippen molar-refractivity contribution < 1.29 is 9.47 Å². The third kappa shape index (κ3) is 3.64. The standard InChI is InChI=1S/C16H26N2O2/c1-12(17-14-7-9-18(2)10-8-14)13-5-6-15(19-3)16(11-13)20-4/h5-6,11-12,14,17H,7-10H2,1-4H3/t12-/m0/s1. The molecule has 0 aromatic heterocycles. The molecule has 1 heterocycles. The molecule has 1 N–H and O–H groups in total. The number of ether oxygens (including phenoxy) is 2. The number of benzene rings is 1. The van der Waals surface area contributed by atoms with Crippen LogP contribution in [-0.4, -0.2) is 45.3 Å². The third-order valence-electron chi connectivity index (χ3n) is 4.11. The van der Waals surface area contributed by atoms with Crippen molar-refractivity contribution >= 4 is 0 Å². The Hall–Kier alpha value is -1.26. The lowest BCUT2D eigenvalue weighted by molar-refractivity contribution is 0.226. The SMILES string of the molecule is COc1ccc([C@H](C)NC2CCN(C)CC2)cc1OC. The van der Waals surface area contributed by atoms with Gasteiger partial charge in [-0.2, -0.15) is 0 Å². The molecule has 4 nitrogen and oxygen atoms in total. The predicted octanol–water partition coefficient (Wildman–Crippen LogP) is 2.45. The summed E-state index contributed by atoms with van der Waals surface area (Å²) in [6.45, 7) is 4.56. The first-order chi connectivity index (χ1) is 9.63. The lowest BCUT2D eigenvalue weighted by Gasteiger charge is -2.31. The van der Waals surface area contributed by atoms with Crippen LogP contribution in [0.2, 0.25) is 0 Å². The fraction of sp³-hybridized carbons (Fsp3) is 0.625. The lowest BCUT2D eigenvalue weighted by atomic mass is 10.0. The number of nitrogens with zero attached hydrogens (tertiary/aromatic N) is 1. The van der Waals surface area contributed by atoms with E-state index in [1.165, 1.54) is 31.5 Å². The molecule has 1 aromatic rings. The van der Waals surface area contributed by atoms with E-state index in [9.17, 15) is 0 Å². The van der Waals surface area contributed by atoms with E-state index in [-0.39, 0.29) is 0 Å². The highest BCUT2D eigenvalue weighted by atomic mass is 16.5. The molecule has 1 aliphatic rings. The first-order valence-electron chi connectivity index (χ1n) is 7.30. The molecule has 4 heteroatoms. The maximum Gasteiger partial charge on any atom is 0.161 e. The Bertz CT molecular complexity index is 428. The fourth-order valence-electron chi connectivity index (χ4n) is 2.75. The minimum atomic E-state index is 0.322. The van der Waals surface area contributed by atoms with Crippen molar-refractivity contribution in [2.75, 3.05) is 34.4 Å². The summed E-state index contributed by atoms with van der Waals surface area (Å²) in [5.41, 5.74) is 1.24. The zero-order valence-corrected chi connectivity index (χ0v) is 13.0. The molecule has 0 amide bonds. The molecule has 112 valence electrons. The second-order valence-electron chi connectivity index (χ2n) is 5.58. The molecule has 1 aliphatic heterocycles. The van der Waals surface area contributed by atoms with Gasteiger partial charge in [-0.05, 0) is 57.6 Å². The summed E-state index contributed by atoms with van der Waals surface area (Å²) in [5.74, 6) is 1.57. The van der Waals surface area contributed by atoms with Gasteiger partial charge in [0.05, 0.1) is 14.2 Å². The van der Waals surface area contributed by atoms with Gasteiger partial charge in [0.2, 0.25) is 0 Å². The second kappa shape index (κ2) is 6.95. The van der Waals surface area contributed by atoms with Crippen LogP contribution in [0.5, 0.6) is 11.5 Å². The predicted molar refractivity (Wildman–Crippen MR) is 81.6 cm³/mol. The Balaban J connectivity index is 2.00. The van der Waals surface area contributed by atoms with Gasteiger partial charge in [-0.3, -0.25) is 0 Å². The van der Waals surface area contributed by atoms with Crippen molar-refractivity contribution in [3.63, 3.8) is 0 Å². The minimum absolute atomic E-state index is 0.322. The summed E-state index contributed by atoms with van der Waals surface area (Å²) < 4.78 is 10.7. The van der Waals surface area contributed by atoms with E-state index in [0.29, 0.717) is 12.1 Å². The number of rotatable bonds is 5. The highest BCUT2D eigenvalue weighted by molar-refractivity contribution is 5.43. The highest BCUT2D eigenvalue weighted by Gasteiger charge is 2.19. The van der Waals surface area contributed by atoms with Crippen molar-refractivity contribution in [1.82, 2.24) is 10.2 Å². The Labute approximate surface area is 122 Å². The van der Waals surface area contributed by atoms with E-state index < -0.39 is 0 Å². The van der Waals surface area contributed by atoms with Crippen LogP contribution in [0.1, 0.15) is 31.4 Å². The van der Waals surface area contributed by atoms with Crippen LogP contribution >= 0.6 is 0 Å². The molecular weight excluding hydrogens is 252 g/mol. The van der Waals surface area contributed by atoms with Crippen molar-refractivity contribution in [2.45, 2.75) is 31.8 Å². The molecule has 20 heavy (non-hydrogen) atoms. The molecule has 0 unspecified atom stereocenters. The lowest BCUT2D eigenvalue weighted by Crippen LogP contribution is -2.41. The van der Waals surface area contributed by atoms with Crippen molar-refractivity contribution in [2.24, 2.45) is 0 Å². The summed E-state index contributed by atoms with van der Waals surface area (Å²) in [6, 6.07) is 7.07. The zero-order valence-electron chi connectivity index (χ0n) is 13.0. The summed E-state index contributed by atoms with van der Waals surface area (Å²) in [4.78, 5) is 2.39. The Morgan fingerprint density at radius 1 is 1.15 bits per heavy atom. The zero-order chi connectivity index (χ0) is 14.5. The Morgan fingerprint density at radius 3 is 2.40 bits per heavy atom. The van der Waals surface area contributed by atoms with E-state index in [2.05, 4.69) is 36.3 Å². The van der Waals surface area contributed by atoms with Gasteiger partial charge < -0.3 is 19.7 Å². The summed E-state index contributed by atoms with van der Waals surface area (Å²) in [5, 5.41) is 3.72. The van der Waals surface area contributed by atoms with Gasteiger partial charge in [0, 0.05) is 12.1 Å². The first kappa shape index (κ1) is 15.1. The quantitative estimate of drug-likeness (QED) is 0.897. The van der Waals surface area contributed by atoms with Crippen LogP contribution in [0.4, 0.5) is 0 Å². The molecule has 1 atom stereocenters. The molecule has 1 saturated heterocycles. The van der Waals surface area contributed by atoms with Crippen LogP contribution in [0.25, 0.3) is 0 Å². The van der Waals surface area contributed by atoms with Gasteiger partial charge in [-0.25, -0.2) is 0 Å². The van der Waals surface area contributed by atoms with E-state index >= 15 is 0 Å². The second-order valence-corrected chi connectivity index (χ2v) is 5.58. The molecule has 1 aromatic carbocycles. The highest BCUT2D eigenvalue weighted by Crippen LogP contribution is 2.30. The molecule has 0 spiro atoms. The minimum Gasteiger partial charge on any atom is -0.493 e.